The van der Waals surface area contributed by atoms with Crippen molar-refractivity contribution >= 4 is 11.9 Å². The highest BCUT2D eigenvalue weighted by molar-refractivity contribution is 5.86. The van der Waals surface area contributed by atoms with Crippen molar-refractivity contribution in [2.45, 2.75) is 19.4 Å². The standard InChI is InChI=1S/C10H12F2O4/c1-4-8(16-10(14)7(3)12)5-15-9(13)6(2)11/h8H,2-5H2,1H3. The van der Waals surface area contributed by atoms with Gasteiger partial charge in [0, 0.05) is 0 Å². The molecule has 0 aromatic heterocycles. The van der Waals surface area contributed by atoms with Crippen LogP contribution in [0.25, 0.3) is 0 Å². The molecule has 0 saturated heterocycles. The fraction of sp³-hybridized carbons (Fsp3) is 0.400. The molecule has 0 N–H and O–H groups in total. The predicted molar refractivity (Wildman–Crippen MR) is 51.6 cm³/mol. The van der Waals surface area contributed by atoms with E-state index in [-0.39, 0.29) is 13.0 Å². The normalized spacial score (nSPS) is 11.4. The summed E-state index contributed by atoms with van der Waals surface area (Å²) in [5.74, 6) is -4.98. The first-order valence-electron chi connectivity index (χ1n) is 4.45. The molecule has 0 aliphatic rings. The van der Waals surface area contributed by atoms with Gasteiger partial charge >= 0.3 is 11.9 Å². The molecule has 0 aliphatic heterocycles. The zero-order valence-corrected chi connectivity index (χ0v) is 8.79. The summed E-state index contributed by atoms with van der Waals surface area (Å²) in [4.78, 5) is 21.4. The van der Waals surface area contributed by atoms with Crippen LogP contribution in [0.3, 0.4) is 0 Å². The van der Waals surface area contributed by atoms with Crippen molar-refractivity contribution in [1.82, 2.24) is 0 Å². The zero-order chi connectivity index (χ0) is 12.7. The molecule has 0 rings (SSSR count). The summed E-state index contributed by atoms with van der Waals surface area (Å²) >= 11 is 0. The van der Waals surface area contributed by atoms with Gasteiger partial charge in [-0.05, 0) is 6.42 Å². The van der Waals surface area contributed by atoms with Crippen LogP contribution >= 0.6 is 0 Å². The van der Waals surface area contributed by atoms with Crippen LogP contribution in [0.1, 0.15) is 13.3 Å². The number of carbonyl (C=O) groups is 2. The number of carbonyl (C=O) groups excluding carboxylic acids is 2. The first-order chi connectivity index (χ1) is 7.38. The average Bonchev–Trinajstić information content (AvgIpc) is 2.22. The number of ether oxygens (including phenoxy) is 2. The SMILES string of the molecule is C=C(F)C(=O)OCC(CC)OC(=O)C(=C)F. The van der Waals surface area contributed by atoms with Crippen molar-refractivity contribution in [3.8, 4) is 0 Å². The highest BCUT2D eigenvalue weighted by atomic mass is 19.1. The van der Waals surface area contributed by atoms with E-state index in [1.165, 1.54) is 0 Å². The van der Waals surface area contributed by atoms with E-state index in [1.807, 2.05) is 0 Å². The van der Waals surface area contributed by atoms with E-state index in [2.05, 4.69) is 22.6 Å². The van der Waals surface area contributed by atoms with Crippen molar-refractivity contribution in [2.24, 2.45) is 0 Å². The second-order valence-corrected chi connectivity index (χ2v) is 2.84. The Kier molecular flexibility index (Phi) is 5.99. The largest absolute Gasteiger partial charge is 0.456 e. The van der Waals surface area contributed by atoms with Gasteiger partial charge in [0.05, 0.1) is 0 Å². The monoisotopic (exact) mass is 234 g/mol. The number of hydrogen-bond donors (Lipinski definition) is 0. The van der Waals surface area contributed by atoms with E-state index in [1.54, 1.807) is 6.92 Å². The van der Waals surface area contributed by atoms with Gasteiger partial charge in [-0.3, -0.25) is 0 Å². The van der Waals surface area contributed by atoms with Gasteiger partial charge in [-0.25, -0.2) is 9.59 Å². The molecule has 1 atom stereocenters. The van der Waals surface area contributed by atoms with E-state index in [0.717, 1.165) is 0 Å². The van der Waals surface area contributed by atoms with Crippen molar-refractivity contribution in [3.63, 3.8) is 0 Å². The third kappa shape index (κ3) is 5.23. The quantitative estimate of drug-likeness (QED) is 0.519. The Labute approximate surface area is 91.5 Å². The summed E-state index contributed by atoms with van der Waals surface area (Å²) in [5, 5.41) is 0. The van der Waals surface area contributed by atoms with Crippen LogP contribution in [0.15, 0.2) is 24.8 Å². The van der Waals surface area contributed by atoms with Gasteiger partial charge in [-0.15, -0.1) is 0 Å². The minimum absolute atomic E-state index is 0.283. The summed E-state index contributed by atoms with van der Waals surface area (Å²) in [6.07, 6.45) is -0.561. The van der Waals surface area contributed by atoms with Gasteiger partial charge in [0.25, 0.3) is 0 Å². The molecule has 0 spiro atoms. The maximum absolute atomic E-state index is 12.3. The lowest BCUT2D eigenvalue weighted by molar-refractivity contribution is -0.155. The average molecular weight is 234 g/mol. The zero-order valence-electron chi connectivity index (χ0n) is 8.79. The van der Waals surface area contributed by atoms with Crippen molar-refractivity contribution in [1.29, 1.82) is 0 Å². The van der Waals surface area contributed by atoms with Gasteiger partial charge in [0.1, 0.15) is 12.7 Å². The molecule has 1 unspecified atom stereocenters. The Morgan fingerprint density at radius 1 is 1.19 bits per heavy atom. The van der Waals surface area contributed by atoms with Crippen LogP contribution in [-0.4, -0.2) is 24.6 Å². The minimum Gasteiger partial charge on any atom is -0.456 e. The van der Waals surface area contributed by atoms with E-state index in [9.17, 15) is 18.4 Å². The van der Waals surface area contributed by atoms with E-state index >= 15 is 0 Å². The minimum atomic E-state index is -1.25. The first-order valence-corrected chi connectivity index (χ1v) is 4.45. The topological polar surface area (TPSA) is 52.6 Å². The molecule has 0 radical (unpaired) electrons. The molecule has 4 nitrogen and oxygen atoms in total. The second-order valence-electron chi connectivity index (χ2n) is 2.84. The summed E-state index contributed by atoms with van der Waals surface area (Å²) in [6, 6.07) is 0. The predicted octanol–water partition coefficient (Wildman–Crippen LogP) is 1.82. The molecule has 0 aromatic carbocycles. The van der Waals surface area contributed by atoms with Gasteiger partial charge < -0.3 is 9.47 Å². The Morgan fingerprint density at radius 2 is 1.69 bits per heavy atom. The molecular weight excluding hydrogens is 222 g/mol. The number of rotatable bonds is 6. The number of esters is 2. The lowest BCUT2D eigenvalue weighted by Gasteiger charge is -2.14. The Bertz CT molecular complexity index is 312. The van der Waals surface area contributed by atoms with Crippen LogP contribution in [0, 0.1) is 0 Å². The van der Waals surface area contributed by atoms with Gasteiger partial charge in [-0.2, -0.15) is 8.78 Å². The van der Waals surface area contributed by atoms with Crippen LogP contribution in [-0.2, 0) is 19.1 Å². The van der Waals surface area contributed by atoms with Gasteiger partial charge in [0.15, 0.2) is 0 Å². The summed E-state index contributed by atoms with van der Waals surface area (Å²) < 4.78 is 33.4. The molecule has 0 aliphatic carbocycles. The van der Waals surface area contributed by atoms with Crippen LogP contribution in [0.5, 0.6) is 0 Å². The molecule has 0 bridgehead atoms. The smallest absolute Gasteiger partial charge is 0.366 e. The Balaban J connectivity index is 4.11. The van der Waals surface area contributed by atoms with Gasteiger partial charge in [-0.1, -0.05) is 20.1 Å². The molecule has 0 amide bonds. The third-order valence-corrected chi connectivity index (χ3v) is 1.57. The lowest BCUT2D eigenvalue weighted by Crippen LogP contribution is -2.24. The first kappa shape index (κ1) is 14.3. The number of halogens is 2. The van der Waals surface area contributed by atoms with E-state index in [4.69, 9.17) is 0 Å². The second kappa shape index (κ2) is 6.71. The molecule has 0 aromatic rings. The molecule has 0 heterocycles. The molecule has 16 heavy (non-hydrogen) atoms. The maximum atomic E-state index is 12.3. The van der Waals surface area contributed by atoms with E-state index < -0.39 is 29.7 Å². The third-order valence-electron chi connectivity index (χ3n) is 1.57. The molecule has 90 valence electrons. The Morgan fingerprint density at radius 3 is 2.06 bits per heavy atom. The molecule has 6 heteroatoms. The summed E-state index contributed by atoms with van der Waals surface area (Å²) in [7, 11) is 0. The maximum Gasteiger partial charge on any atom is 0.366 e. The molecule has 0 saturated carbocycles. The van der Waals surface area contributed by atoms with Crippen LogP contribution in [0.4, 0.5) is 8.78 Å². The Hall–Kier alpha value is -1.72. The lowest BCUT2D eigenvalue weighted by atomic mass is 10.3. The van der Waals surface area contributed by atoms with Gasteiger partial charge in [0.2, 0.25) is 11.7 Å². The molecule has 0 fully saturated rings. The van der Waals surface area contributed by atoms with Crippen molar-refractivity contribution < 1.29 is 27.8 Å². The highest BCUT2D eigenvalue weighted by Gasteiger charge is 2.18. The fourth-order valence-corrected chi connectivity index (χ4v) is 0.697. The van der Waals surface area contributed by atoms with Crippen molar-refractivity contribution in [3.05, 3.63) is 24.8 Å². The summed E-state index contributed by atoms with van der Waals surface area (Å²) in [5.41, 5.74) is 0. The van der Waals surface area contributed by atoms with Crippen LogP contribution < -0.4 is 0 Å². The van der Waals surface area contributed by atoms with Crippen molar-refractivity contribution in [2.75, 3.05) is 6.61 Å². The summed E-state index contributed by atoms with van der Waals surface area (Å²) in [6.45, 7) is 6.73. The van der Waals surface area contributed by atoms with Crippen LogP contribution in [0.2, 0.25) is 0 Å². The highest BCUT2D eigenvalue weighted by Crippen LogP contribution is 2.06. The number of hydrogen-bond acceptors (Lipinski definition) is 4. The fourth-order valence-electron chi connectivity index (χ4n) is 0.697. The molecular formula is C10H12F2O4. The van der Waals surface area contributed by atoms with E-state index in [0.29, 0.717) is 0 Å².